The Hall–Kier alpha value is -0.297. The monoisotopic (exact) mass is 312 g/mol. The number of halogens is 2. The van der Waals surface area contributed by atoms with Crippen molar-refractivity contribution in [3.8, 4) is 0 Å². The molecule has 1 fully saturated rings. The van der Waals surface area contributed by atoms with Crippen LogP contribution < -0.4 is 9.41 Å². The summed E-state index contributed by atoms with van der Waals surface area (Å²) in [5, 5.41) is 0. The molecule has 0 radical (unpaired) electrons. The molecular formula is C14H16F2Zr. The van der Waals surface area contributed by atoms with Gasteiger partial charge in [-0.25, -0.2) is 0 Å². The first kappa shape index (κ1) is 14.8. The summed E-state index contributed by atoms with van der Waals surface area (Å²) in [6.07, 6.45) is 20.6. The van der Waals surface area contributed by atoms with E-state index in [-0.39, 0.29) is 32.6 Å². The second-order valence-electron chi connectivity index (χ2n) is 4.66. The van der Waals surface area contributed by atoms with Crippen molar-refractivity contribution >= 4 is 0 Å². The zero-order valence-electron chi connectivity index (χ0n) is 9.65. The summed E-state index contributed by atoms with van der Waals surface area (Å²) in [4.78, 5) is 0. The molecule has 3 unspecified atom stereocenters. The Kier molecular flexibility index (Phi) is 5.72. The Morgan fingerprint density at radius 1 is 1.00 bits per heavy atom. The van der Waals surface area contributed by atoms with Crippen LogP contribution in [0.5, 0.6) is 0 Å². The first-order chi connectivity index (χ1) is 7.43. The van der Waals surface area contributed by atoms with Gasteiger partial charge in [-0.1, -0.05) is 0 Å². The molecule has 3 rings (SSSR count). The first-order valence-corrected chi connectivity index (χ1v) is 8.55. The molecule has 0 nitrogen and oxygen atoms in total. The molecule has 90 valence electrons. The molecule has 0 bridgehead atoms. The Balaban J connectivity index is 0.000000722. The van der Waals surface area contributed by atoms with Gasteiger partial charge in [0.15, 0.2) is 0 Å². The summed E-state index contributed by atoms with van der Waals surface area (Å²) in [6, 6.07) is 0. The van der Waals surface area contributed by atoms with Crippen molar-refractivity contribution in [3.63, 3.8) is 0 Å². The summed E-state index contributed by atoms with van der Waals surface area (Å²) >= 11 is -0.282. The Labute approximate surface area is 113 Å². The smallest absolute Gasteiger partial charge is 1.00 e. The van der Waals surface area contributed by atoms with E-state index in [9.17, 15) is 0 Å². The largest absolute Gasteiger partial charge is 1.00 e. The van der Waals surface area contributed by atoms with Gasteiger partial charge in [0.2, 0.25) is 0 Å². The Morgan fingerprint density at radius 2 is 1.82 bits per heavy atom. The normalized spacial score (nSPS) is 32.2. The molecule has 3 heteroatoms. The summed E-state index contributed by atoms with van der Waals surface area (Å²) in [6.45, 7) is 0. The fraction of sp³-hybridized carbons (Fsp3) is 0.429. The van der Waals surface area contributed by atoms with Crippen LogP contribution in [0.25, 0.3) is 0 Å². The van der Waals surface area contributed by atoms with E-state index >= 15 is 0 Å². The van der Waals surface area contributed by atoms with Crippen LogP contribution in [-0.2, 0) is 23.2 Å². The zero-order valence-corrected chi connectivity index (χ0v) is 12.1. The van der Waals surface area contributed by atoms with Crippen LogP contribution in [0.1, 0.15) is 19.3 Å². The Bertz CT molecular complexity index is 368. The minimum Gasteiger partial charge on any atom is -1.00 e. The van der Waals surface area contributed by atoms with Crippen LogP contribution in [0.3, 0.4) is 0 Å². The molecular weight excluding hydrogens is 297 g/mol. The van der Waals surface area contributed by atoms with E-state index in [0.29, 0.717) is 0 Å². The number of rotatable bonds is 2. The molecule has 0 spiro atoms. The molecule has 17 heavy (non-hydrogen) atoms. The van der Waals surface area contributed by atoms with E-state index in [1.807, 2.05) is 3.28 Å². The van der Waals surface area contributed by atoms with E-state index in [0.717, 1.165) is 15.5 Å². The number of hydrogen-bond donors (Lipinski definition) is 0. The third-order valence-electron chi connectivity index (χ3n) is 3.71. The van der Waals surface area contributed by atoms with Crippen molar-refractivity contribution < 1.29 is 32.6 Å². The van der Waals surface area contributed by atoms with Crippen molar-refractivity contribution in [1.29, 1.82) is 0 Å². The molecule has 0 aromatic heterocycles. The minimum atomic E-state index is -0.282. The van der Waals surface area contributed by atoms with Crippen molar-refractivity contribution in [2.24, 2.45) is 11.8 Å². The second kappa shape index (κ2) is 6.59. The van der Waals surface area contributed by atoms with E-state index in [1.165, 1.54) is 19.3 Å². The van der Waals surface area contributed by atoms with Crippen molar-refractivity contribution in [2.75, 3.05) is 0 Å². The molecule has 0 aromatic rings. The van der Waals surface area contributed by atoms with Crippen LogP contribution in [-0.4, -0.2) is 0 Å². The molecule has 0 heterocycles. The summed E-state index contributed by atoms with van der Waals surface area (Å²) < 4.78 is 2.89. The fourth-order valence-corrected chi connectivity index (χ4v) is 7.26. The molecule has 3 atom stereocenters. The van der Waals surface area contributed by atoms with Crippen molar-refractivity contribution in [2.45, 2.75) is 22.9 Å². The van der Waals surface area contributed by atoms with E-state index in [1.54, 1.807) is 0 Å². The average molecular weight is 314 g/mol. The summed E-state index contributed by atoms with van der Waals surface area (Å²) in [5.41, 5.74) is 0. The van der Waals surface area contributed by atoms with E-state index in [4.69, 9.17) is 0 Å². The third-order valence-corrected chi connectivity index (χ3v) is 8.10. The van der Waals surface area contributed by atoms with Gasteiger partial charge < -0.3 is 9.41 Å². The van der Waals surface area contributed by atoms with Gasteiger partial charge in [-0.15, -0.1) is 0 Å². The van der Waals surface area contributed by atoms with Crippen molar-refractivity contribution in [3.05, 3.63) is 45.8 Å². The van der Waals surface area contributed by atoms with Gasteiger partial charge in [0.1, 0.15) is 0 Å². The maximum Gasteiger partial charge on any atom is -1.00 e. The number of fused-ring (bicyclic) bond motifs is 1. The molecule has 3 aliphatic rings. The second-order valence-corrected chi connectivity index (χ2v) is 8.77. The van der Waals surface area contributed by atoms with E-state index in [2.05, 4.69) is 42.5 Å². The quantitative estimate of drug-likeness (QED) is 0.546. The predicted octanol–water partition coefficient (Wildman–Crippen LogP) is -2.14. The van der Waals surface area contributed by atoms with Gasteiger partial charge in [0.25, 0.3) is 0 Å². The topological polar surface area (TPSA) is 0 Å². The molecule has 0 N–H and O–H groups in total. The molecule has 0 aliphatic heterocycles. The number of hydrogen-bond acceptors (Lipinski definition) is 0. The van der Waals surface area contributed by atoms with Gasteiger partial charge in [0, 0.05) is 0 Å². The van der Waals surface area contributed by atoms with Gasteiger partial charge >= 0.3 is 104 Å². The first-order valence-electron chi connectivity index (χ1n) is 5.91. The SMILES string of the molecule is C1=CC[C]([Zr+2][CH]2CCC3C=CC=CC32)=C1.[F-].[F-]. The van der Waals surface area contributed by atoms with Gasteiger partial charge in [-0.05, 0) is 0 Å². The molecule has 1 saturated carbocycles. The average Bonchev–Trinajstić information content (AvgIpc) is 2.89. The van der Waals surface area contributed by atoms with Crippen LogP contribution in [0, 0.1) is 11.8 Å². The molecule has 0 saturated heterocycles. The predicted molar refractivity (Wildman–Crippen MR) is 60.1 cm³/mol. The van der Waals surface area contributed by atoms with Crippen LogP contribution >= 0.6 is 0 Å². The van der Waals surface area contributed by atoms with Crippen molar-refractivity contribution in [1.82, 2.24) is 0 Å². The van der Waals surface area contributed by atoms with Gasteiger partial charge in [-0.3, -0.25) is 0 Å². The summed E-state index contributed by atoms with van der Waals surface area (Å²) in [5.74, 6) is 1.79. The van der Waals surface area contributed by atoms with Crippen LogP contribution in [0.4, 0.5) is 0 Å². The fourth-order valence-electron chi connectivity index (χ4n) is 2.92. The molecule has 0 amide bonds. The van der Waals surface area contributed by atoms with E-state index < -0.39 is 0 Å². The Morgan fingerprint density at radius 3 is 2.59 bits per heavy atom. The van der Waals surface area contributed by atoms with Crippen LogP contribution in [0.15, 0.2) is 45.8 Å². The van der Waals surface area contributed by atoms with Gasteiger partial charge in [-0.2, -0.15) is 0 Å². The maximum atomic E-state index is 2.48. The summed E-state index contributed by atoms with van der Waals surface area (Å²) in [7, 11) is 0. The van der Waals surface area contributed by atoms with Gasteiger partial charge in [0.05, 0.1) is 0 Å². The number of allylic oxidation sites excluding steroid dienone is 8. The maximum absolute atomic E-state index is 2.48. The molecule has 0 aromatic carbocycles. The third kappa shape index (κ3) is 3.13. The van der Waals surface area contributed by atoms with Crippen LogP contribution in [0.2, 0.25) is 3.63 Å². The zero-order chi connectivity index (χ0) is 10.1. The minimum absolute atomic E-state index is 0. The molecule has 3 aliphatic carbocycles. The standard InChI is InChI=1S/C9H11.C5H5.2FH.Zr/c1-2-5-9-7-3-6-8(9)4-1;1-2-4-5-3-1;;;/h1-2,4-6,8-9H,3,7H2;1-3H,4H2;2*1H;/q;;;;+2/p-2.